The fourth-order valence-corrected chi connectivity index (χ4v) is 3.70. The van der Waals surface area contributed by atoms with Crippen molar-refractivity contribution in [3.05, 3.63) is 34.4 Å². The SMILES string of the molecule is CN1CCN([C@H](C(=O)O)c2cn(CC(=O)O)c3cc(Br)ccc23)CC1. The molecule has 1 saturated heterocycles. The third-order valence-electron chi connectivity index (χ3n) is 4.61. The number of carboxylic acids is 2. The first-order chi connectivity index (χ1) is 11.9. The van der Waals surface area contributed by atoms with Crippen LogP contribution in [0.4, 0.5) is 0 Å². The number of benzene rings is 1. The van der Waals surface area contributed by atoms with Crippen LogP contribution in [0.1, 0.15) is 11.6 Å². The van der Waals surface area contributed by atoms with Gasteiger partial charge in [0.2, 0.25) is 0 Å². The van der Waals surface area contributed by atoms with Gasteiger partial charge in [0.1, 0.15) is 12.6 Å². The minimum absolute atomic E-state index is 0.206. The van der Waals surface area contributed by atoms with Gasteiger partial charge >= 0.3 is 11.9 Å². The lowest BCUT2D eigenvalue weighted by molar-refractivity contribution is -0.144. The smallest absolute Gasteiger partial charge is 0.325 e. The molecule has 3 rings (SSSR count). The van der Waals surface area contributed by atoms with Crippen molar-refractivity contribution in [2.75, 3.05) is 33.2 Å². The Bertz CT molecular complexity index is 812. The molecule has 0 saturated carbocycles. The second-order valence-electron chi connectivity index (χ2n) is 6.35. The Kier molecular flexibility index (Phi) is 5.12. The van der Waals surface area contributed by atoms with Crippen LogP contribution in [0.2, 0.25) is 0 Å². The Morgan fingerprint density at radius 3 is 2.48 bits per heavy atom. The fourth-order valence-electron chi connectivity index (χ4n) is 3.35. The summed E-state index contributed by atoms with van der Waals surface area (Å²) in [6.45, 7) is 2.74. The van der Waals surface area contributed by atoms with Crippen LogP contribution in [0.15, 0.2) is 28.9 Å². The van der Waals surface area contributed by atoms with E-state index in [2.05, 4.69) is 20.8 Å². The Balaban J connectivity index is 2.08. The molecule has 0 amide bonds. The van der Waals surface area contributed by atoms with E-state index >= 15 is 0 Å². The maximum atomic E-state index is 12.0. The lowest BCUT2D eigenvalue weighted by Crippen LogP contribution is -2.47. The number of fused-ring (bicyclic) bond motifs is 1. The zero-order chi connectivity index (χ0) is 18.1. The maximum Gasteiger partial charge on any atom is 0.325 e. The van der Waals surface area contributed by atoms with Crippen molar-refractivity contribution < 1.29 is 19.8 Å². The van der Waals surface area contributed by atoms with E-state index in [4.69, 9.17) is 5.11 Å². The summed E-state index contributed by atoms with van der Waals surface area (Å²) in [6, 6.07) is 4.73. The Labute approximate surface area is 153 Å². The van der Waals surface area contributed by atoms with E-state index in [0.29, 0.717) is 24.2 Å². The highest BCUT2D eigenvalue weighted by molar-refractivity contribution is 9.10. The van der Waals surface area contributed by atoms with Crippen molar-refractivity contribution in [1.29, 1.82) is 0 Å². The van der Waals surface area contributed by atoms with E-state index in [-0.39, 0.29) is 6.54 Å². The molecule has 25 heavy (non-hydrogen) atoms. The van der Waals surface area contributed by atoms with E-state index in [9.17, 15) is 14.7 Å². The summed E-state index contributed by atoms with van der Waals surface area (Å²) in [7, 11) is 2.02. The van der Waals surface area contributed by atoms with E-state index in [1.165, 1.54) is 0 Å². The first-order valence-corrected chi connectivity index (χ1v) is 8.81. The molecular weight excluding hydrogens is 390 g/mol. The molecule has 2 aromatic rings. The predicted octanol–water partition coefficient (Wildman–Crippen LogP) is 1.86. The summed E-state index contributed by atoms with van der Waals surface area (Å²) in [6.07, 6.45) is 1.67. The molecule has 0 aliphatic carbocycles. The minimum atomic E-state index is -0.963. The first kappa shape index (κ1) is 17.9. The molecule has 1 aromatic heterocycles. The van der Waals surface area contributed by atoms with Gasteiger partial charge in [-0.15, -0.1) is 0 Å². The second kappa shape index (κ2) is 7.15. The van der Waals surface area contributed by atoms with Crippen molar-refractivity contribution in [1.82, 2.24) is 14.4 Å². The van der Waals surface area contributed by atoms with Gasteiger partial charge in [-0.3, -0.25) is 14.5 Å². The Hall–Kier alpha value is -1.90. The van der Waals surface area contributed by atoms with Gasteiger partial charge in [-0.2, -0.15) is 0 Å². The number of rotatable bonds is 5. The summed E-state index contributed by atoms with van der Waals surface area (Å²) in [5, 5.41) is 19.8. The quantitative estimate of drug-likeness (QED) is 0.783. The van der Waals surface area contributed by atoms with E-state index in [1.54, 1.807) is 10.8 Å². The van der Waals surface area contributed by atoms with Crippen LogP contribution in [0.25, 0.3) is 10.9 Å². The number of carbonyl (C=O) groups is 2. The molecule has 1 aliphatic rings. The molecule has 1 fully saturated rings. The van der Waals surface area contributed by atoms with Crippen molar-refractivity contribution in [3.63, 3.8) is 0 Å². The minimum Gasteiger partial charge on any atom is -0.480 e. The average molecular weight is 410 g/mol. The van der Waals surface area contributed by atoms with Gasteiger partial charge in [0, 0.05) is 47.8 Å². The van der Waals surface area contributed by atoms with Crippen molar-refractivity contribution >= 4 is 38.8 Å². The number of halogens is 1. The highest BCUT2D eigenvalue weighted by Crippen LogP contribution is 2.32. The van der Waals surface area contributed by atoms with Crippen LogP contribution >= 0.6 is 15.9 Å². The number of nitrogens with zero attached hydrogens (tertiary/aromatic N) is 3. The van der Waals surface area contributed by atoms with Crippen LogP contribution in [0, 0.1) is 0 Å². The summed E-state index contributed by atoms with van der Waals surface area (Å²) < 4.78 is 2.42. The zero-order valence-electron chi connectivity index (χ0n) is 13.9. The number of aromatic nitrogens is 1. The maximum absolute atomic E-state index is 12.0. The topological polar surface area (TPSA) is 86.0 Å². The Morgan fingerprint density at radius 1 is 1.20 bits per heavy atom. The highest BCUT2D eigenvalue weighted by Gasteiger charge is 2.32. The van der Waals surface area contributed by atoms with Gasteiger partial charge in [-0.05, 0) is 19.2 Å². The normalized spacial score (nSPS) is 17.7. The molecule has 134 valence electrons. The van der Waals surface area contributed by atoms with Crippen LogP contribution in [-0.4, -0.2) is 69.7 Å². The van der Waals surface area contributed by atoms with Crippen LogP contribution in [-0.2, 0) is 16.1 Å². The molecule has 7 nitrogen and oxygen atoms in total. The summed E-state index contributed by atoms with van der Waals surface area (Å²) in [4.78, 5) is 27.3. The summed E-state index contributed by atoms with van der Waals surface area (Å²) in [5.74, 6) is -1.88. The number of aliphatic carboxylic acids is 2. The standard InChI is InChI=1S/C17H20BrN3O4/c1-19-4-6-20(7-5-19)16(17(24)25)13-9-21(10-15(22)23)14-8-11(18)2-3-12(13)14/h2-3,8-9,16H,4-7,10H2,1H3,(H,22,23)(H,24,25)/t16-/m0/s1. The molecule has 1 atom stereocenters. The van der Waals surface area contributed by atoms with Gasteiger partial charge in [0.25, 0.3) is 0 Å². The van der Waals surface area contributed by atoms with Gasteiger partial charge in [-0.25, -0.2) is 0 Å². The predicted molar refractivity (Wildman–Crippen MR) is 96.7 cm³/mol. The molecule has 0 bridgehead atoms. The average Bonchev–Trinajstić information content (AvgIpc) is 2.86. The summed E-state index contributed by atoms with van der Waals surface area (Å²) in [5.41, 5.74) is 1.35. The number of piperazine rings is 1. The third kappa shape index (κ3) is 3.70. The molecule has 8 heteroatoms. The van der Waals surface area contributed by atoms with E-state index in [0.717, 1.165) is 22.9 Å². The number of hydrogen-bond acceptors (Lipinski definition) is 4. The lowest BCUT2D eigenvalue weighted by atomic mass is 10.0. The fraction of sp³-hybridized carbons (Fsp3) is 0.412. The molecule has 0 spiro atoms. The summed E-state index contributed by atoms with van der Waals surface area (Å²) >= 11 is 3.40. The van der Waals surface area contributed by atoms with Crippen molar-refractivity contribution in [2.45, 2.75) is 12.6 Å². The van der Waals surface area contributed by atoms with E-state index in [1.807, 2.05) is 30.1 Å². The molecule has 1 aromatic carbocycles. The van der Waals surface area contributed by atoms with Gasteiger partial charge < -0.3 is 19.7 Å². The van der Waals surface area contributed by atoms with Gasteiger partial charge in [-0.1, -0.05) is 22.0 Å². The molecule has 2 heterocycles. The molecule has 0 radical (unpaired) electrons. The third-order valence-corrected chi connectivity index (χ3v) is 5.11. The Morgan fingerprint density at radius 2 is 1.88 bits per heavy atom. The monoisotopic (exact) mass is 409 g/mol. The van der Waals surface area contributed by atoms with Crippen molar-refractivity contribution in [2.24, 2.45) is 0 Å². The van der Waals surface area contributed by atoms with Crippen LogP contribution in [0.5, 0.6) is 0 Å². The van der Waals surface area contributed by atoms with Crippen molar-refractivity contribution in [3.8, 4) is 0 Å². The first-order valence-electron chi connectivity index (χ1n) is 8.02. The second-order valence-corrected chi connectivity index (χ2v) is 7.26. The highest BCUT2D eigenvalue weighted by atomic mass is 79.9. The van der Waals surface area contributed by atoms with Crippen LogP contribution in [0.3, 0.4) is 0 Å². The largest absolute Gasteiger partial charge is 0.480 e. The molecule has 2 N–H and O–H groups in total. The van der Waals surface area contributed by atoms with Gasteiger partial charge in [0.15, 0.2) is 0 Å². The molecule has 1 aliphatic heterocycles. The van der Waals surface area contributed by atoms with E-state index < -0.39 is 18.0 Å². The van der Waals surface area contributed by atoms with Gasteiger partial charge in [0.05, 0.1) is 5.52 Å². The number of likely N-dealkylation sites (N-methyl/N-ethyl adjacent to an activating group) is 1. The zero-order valence-corrected chi connectivity index (χ0v) is 15.4. The number of hydrogen-bond donors (Lipinski definition) is 2. The lowest BCUT2D eigenvalue weighted by Gasteiger charge is -2.36. The number of carboxylic acid groups (broad SMARTS) is 2. The van der Waals surface area contributed by atoms with Crippen LogP contribution < -0.4 is 0 Å². The molecular formula is C17H20BrN3O4. The molecule has 0 unspecified atom stereocenters.